The Morgan fingerprint density at radius 2 is 2.06 bits per heavy atom. The second kappa shape index (κ2) is 4.07. The summed E-state index contributed by atoms with van der Waals surface area (Å²) in [5, 5.41) is 9.35. The molecule has 3 rings (SSSR count). The molecule has 0 atom stereocenters. The smallest absolute Gasteiger partial charge is 0.140 e. The molecule has 18 heavy (non-hydrogen) atoms. The molecule has 2 aromatic heterocycles. The lowest BCUT2D eigenvalue weighted by atomic mass is 10.2. The van der Waals surface area contributed by atoms with Gasteiger partial charge in [0.15, 0.2) is 0 Å². The van der Waals surface area contributed by atoms with Crippen molar-refractivity contribution in [2.24, 2.45) is 0 Å². The Balaban J connectivity index is 1.95. The average Bonchev–Trinajstić information content (AvgIpc) is 2.80. The molecule has 4 heteroatoms. The summed E-state index contributed by atoms with van der Waals surface area (Å²) in [5.41, 5.74) is 1.72. The molecule has 4 nitrogen and oxygen atoms in total. The quantitative estimate of drug-likeness (QED) is 0.748. The van der Waals surface area contributed by atoms with Gasteiger partial charge < -0.3 is 14.2 Å². The van der Waals surface area contributed by atoms with Crippen molar-refractivity contribution in [2.45, 2.75) is 6.92 Å². The van der Waals surface area contributed by atoms with E-state index in [0.29, 0.717) is 0 Å². The van der Waals surface area contributed by atoms with Crippen LogP contribution in [-0.4, -0.2) is 14.5 Å². The van der Waals surface area contributed by atoms with E-state index in [1.165, 1.54) is 0 Å². The van der Waals surface area contributed by atoms with Crippen LogP contribution in [0.1, 0.15) is 5.56 Å². The number of ether oxygens (including phenoxy) is 1. The zero-order valence-corrected chi connectivity index (χ0v) is 9.87. The highest BCUT2D eigenvalue weighted by Crippen LogP contribution is 2.27. The summed E-state index contributed by atoms with van der Waals surface area (Å²) in [6.07, 6.45) is 5.52. The van der Waals surface area contributed by atoms with Gasteiger partial charge in [-0.25, -0.2) is 4.98 Å². The number of benzene rings is 1. The first-order valence-electron chi connectivity index (χ1n) is 5.62. The first-order valence-corrected chi connectivity index (χ1v) is 5.62. The SMILES string of the molecule is Cc1cc(O)ccc1Oc1ccn2ccnc2c1. The molecular weight excluding hydrogens is 228 g/mol. The molecule has 0 saturated heterocycles. The number of pyridine rings is 1. The largest absolute Gasteiger partial charge is 0.508 e. The van der Waals surface area contributed by atoms with Crippen molar-refractivity contribution >= 4 is 5.65 Å². The van der Waals surface area contributed by atoms with Crippen molar-refractivity contribution in [1.29, 1.82) is 0 Å². The maximum absolute atomic E-state index is 9.35. The summed E-state index contributed by atoms with van der Waals surface area (Å²) >= 11 is 0. The van der Waals surface area contributed by atoms with E-state index >= 15 is 0 Å². The summed E-state index contributed by atoms with van der Waals surface area (Å²) in [6, 6.07) is 8.77. The first kappa shape index (κ1) is 10.7. The maximum Gasteiger partial charge on any atom is 0.140 e. The number of phenols is 1. The molecule has 1 N–H and O–H groups in total. The standard InChI is InChI=1S/C14H12N2O2/c1-10-8-11(17)2-3-13(10)18-12-4-6-16-7-5-15-14(16)9-12/h2-9,17H,1H3. The van der Waals surface area contributed by atoms with Crippen molar-refractivity contribution in [1.82, 2.24) is 9.38 Å². The van der Waals surface area contributed by atoms with Crippen LogP contribution in [0.3, 0.4) is 0 Å². The lowest BCUT2D eigenvalue weighted by Crippen LogP contribution is -1.89. The minimum Gasteiger partial charge on any atom is -0.508 e. The number of hydrogen-bond acceptors (Lipinski definition) is 3. The number of imidazole rings is 1. The lowest BCUT2D eigenvalue weighted by Gasteiger charge is -2.09. The van der Waals surface area contributed by atoms with Crippen LogP contribution in [0.25, 0.3) is 5.65 Å². The molecule has 0 aliphatic carbocycles. The average molecular weight is 240 g/mol. The van der Waals surface area contributed by atoms with Gasteiger partial charge in [-0.15, -0.1) is 0 Å². The molecule has 0 radical (unpaired) electrons. The Kier molecular flexibility index (Phi) is 2.41. The monoisotopic (exact) mass is 240 g/mol. The van der Waals surface area contributed by atoms with Gasteiger partial charge in [-0.05, 0) is 36.8 Å². The third-order valence-electron chi connectivity index (χ3n) is 2.76. The highest BCUT2D eigenvalue weighted by molar-refractivity contribution is 5.47. The van der Waals surface area contributed by atoms with E-state index in [2.05, 4.69) is 4.98 Å². The van der Waals surface area contributed by atoms with Crippen molar-refractivity contribution < 1.29 is 9.84 Å². The van der Waals surface area contributed by atoms with Crippen LogP contribution < -0.4 is 4.74 Å². The molecule has 0 unspecified atom stereocenters. The second-order valence-electron chi connectivity index (χ2n) is 4.11. The van der Waals surface area contributed by atoms with Crippen LogP contribution in [-0.2, 0) is 0 Å². The number of aryl methyl sites for hydroxylation is 1. The van der Waals surface area contributed by atoms with Crippen molar-refractivity contribution in [2.75, 3.05) is 0 Å². The van der Waals surface area contributed by atoms with Gasteiger partial charge >= 0.3 is 0 Å². The summed E-state index contributed by atoms with van der Waals surface area (Å²) in [6.45, 7) is 1.89. The summed E-state index contributed by atoms with van der Waals surface area (Å²) in [5.74, 6) is 1.69. The van der Waals surface area contributed by atoms with E-state index in [0.717, 1.165) is 22.7 Å². The molecule has 0 saturated carbocycles. The molecule has 0 aliphatic heterocycles. The normalized spacial score (nSPS) is 10.7. The van der Waals surface area contributed by atoms with Crippen LogP contribution in [0, 0.1) is 6.92 Å². The predicted octanol–water partition coefficient (Wildman–Crippen LogP) is 3.14. The zero-order chi connectivity index (χ0) is 12.5. The maximum atomic E-state index is 9.35. The third kappa shape index (κ3) is 1.88. The van der Waals surface area contributed by atoms with Crippen molar-refractivity contribution in [3.05, 3.63) is 54.5 Å². The van der Waals surface area contributed by atoms with Crippen LogP contribution in [0.2, 0.25) is 0 Å². The number of rotatable bonds is 2. The fourth-order valence-electron chi connectivity index (χ4n) is 1.83. The second-order valence-corrected chi connectivity index (χ2v) is 4.11. The summed E-state index contributed by atoms with van der Waals surface area (Å²) < 4.78 is 7.69. The van der Waals surface area contributed by atoms with E-state index in [4.69, 9.17) is 4.74 Å². The third-order valence-corrected chi connectivity index (χ3v) is 2.76. The van der Waals surface area contributed by atoms with Gasteiger partial charge in [-0.1, -0.05) is 0 Å². The number of aromatic nitrogens is 2. The lowest BCUT2D eigenvalue weighted by molar-refractivity contribution is 0.461. The highest BCUT2D eigenvalue weighted by Gasteiger charge is 2.03. The molecular formula is C14H12N2O2. The molecule has 0 amide bonds. The van der Waals surface area contributed by atoms with E-state index in [-0.39, 0.29) is 5.75 Å². The van der Waals surface area contributed by atoms with Crippen LogP contribution >= 0.6 is 0 Å². The van der Waals surface area contributed by atoms with Gasteiger partial charge in [-0.2, -0.15) is 0 Å². The number of nitrogens with zero attached hydrogens (tertiary/aromatic N) is 2. The Morgan fingerprint density at radius 3 is 2.89 bits per heavy atom. The molecule has 1 aromatic carbocycles. The van der Waals surface area contributed by atoms with Gasteiger partial charge in [0.2, 0.25) is 0 Å². The van der Waals surface area contributed by atoms with Crippen LogP contribution in [0.15, 0.2) is 48.9 Å². The molecule has 0 fully saturated rings. The zero-order valence-electron chi connectivity index (χ0n) is 9.87. The van der Waals surface area contributed by atoms with Gasteiger partial charge in [0.1, 0.15) is 22.9 Å². The Bertz CT molecular complexity index is 704. The van der Waals surface area contributed by atoms with E-state index in [1.54, 1.807) is 24.4 Å². The van der Waals surface area contributed by atoms with Crippen LogP contribution in [0.4, 0.5) is 0 Å². The predicted molar refractivity (Wildman–Crippen MR) is 68.1 cm³/mol. The van der Waals surface area contributed by atoms with Crippen molar-refractivity contribution in [3.8, 4) is 17.2 Å². The molecule has 0 bridgehead atoms. The molecule has 0 aliphatic rings. The van der Waals surface area contributed by atoms with E-state index < -0.39 is 0 Å². The fraction of sp³-hybridized carbons (Fsp3) is 0.0714. The Morgan fingerprint density at radius 1 is 1.17 bits per heavy atom. The number of phenolic OH excluding ortho intramolecular Hbond substituents is 1. The molecule has 2 heterocycles. The van der Waals surface area contributed by atoms with Gasteiger partial charge in [0.25, 0.3) is 0 Å². The first-order chi connectivity index (χ1) is 8.72. The van der Waals surface area contributed by atoms with Gasteiger partial charge in [0.05, 0.1) is 0 Å². The Hall–Kier alpha value is -2.49. The molecule has 0 spiro atoms. The molecule has 3 aromatic rings. The van der Waals surface area contributed by atoms with Gasteiger partial charge in [-0.3, -0.25) is 0 Å². The minimum atomic E-state index is 0.239. The number of fused-ring (bicyclic) bond motifs is 1. The number of hydrogen-bond donors (Lipinski definition) is 1. The van der Waals surface area contributed by atoms with Crippen molar-refractivity contribution in [3.63, 3.8) is 0 Å². The van der Waals surface area contributed by atoms with Crippen LogP contribution in [0.5, 0.6) is 17.2 Å². The number of aromatic hydroxyl groups is 1. The highest BCUT2D eigenvalue weighted by atomic mass is 16.5. The summed E-state index contributed by atoms with van der Waals surface area (Å²) in [4.78, 5) is 4.20. The Labute approximate surface area is 104 Å². The van der Waals surface area contributed by atoms with Gasteiger partial charge in [0, 0.05) is 24.7 Å². The molecule has 90 valence electrons. The van der Waals surface area contributed by atoms with E-state index in [9.17, 15) is 5.11 Å². The van der Waals surface area contributed by atoms with E-state index in [1.807, 2.05) is 35.9 Å². The fourth-order valence-corrected chi connectivity index (χ4v) is 1.83. The summed E-state index contributed by atoms with van der Waals surface area (Å²) in [7, 11) is 0. The topological polar surface area (TPSA) is 46.8 Å². The minimum absolute atomic E-state index is 0.239.